The molecule has 15 heteroatoms. The molecule has 0 aliphatic carbocycles. The zero-order valence-electron chi connectivity index (χ0n) is 35.0. The number of benzene rings is 1. The Bertz CT molecular complexity index is 1420. The van der Waals surface area contributed by atoms with Crippen molar-refractivity contribution in [2.45, 2.75) is 92.5 Å². The normalized spacial score (nSPS) is 20.8. The first-order valence-electron chi connectivity index (χ1n) is 20.0. The molecule has 0 saturated carbocycles. The highest BCUT2D eigenvalue weighted by Gasteiger charge is 2.48. The highest BCUT2D eigenvalue weighted by molar-refractivity contribution is 5.83. The van der Waals surface area contributed by atoms with Gasteiger partial charge >= 0.3 is 12.1 Å². The van der Waals surface area contributed by atoms with Crippen molar-refractivity contribution in [3.05, 3.63) is 23.8 Å². The molecule has 2 saturated heterocycles. The number of rotatable bonds is 23. The first-order chi connectivity index (χ1) is 26.5. The van der Waals surface area contributed by atoms with Crippen LogP contribution in [-0.2, 0) is 39.8 Å². The zero-order valence-corrected chi connectivity index (χ0v) is 35.0. The number of nitrogens with one attached hydrogen (secondary N) is 1. The fourth-order valence-corrected chi connectivity index (χ4v) is 7.16. The lowest BCUT2D eigenvalue weighted by Gasteiger charge is -2.33. The monoisotopic (exact) mass is 792 g/mol. The maximum atomic E-state index is 13.7. The summed E-state index contributed by atoms with van der Waals surface area (Å²) in [6, 6.07) is 5.17. The van der Waals surface area contributed by atoms with Crippen molar-refractivity contribution in [1.82, 2.24) is 15.1 Å². The van der Waals surface area contributed by atoms with E-state index in [0.717, 1.165) is 18.7 Å². The minimum atomic E-state index is -1.20. The van der Waals surface area contributed by atoms with Gasteiger partial charge in [-0.15, -0.1) is 0 Å². The van der Waals surface area contributed by atoms with E-state index < -0.39 is 53.6 Å². The van der Waals surface area contributed by atoms with Gasteiger partial charge in [-0.05, 0) is 68.6 Å². The van der Waals surface area contributed by atoms with Crippen LogP contribution in [0, 0.1) is 35.0 Å². The standard InChI is InChI=1S/C41H68N4O11/c1-26(2)30(19-29-11-12-33(52-9)35(20-29)54-16-10-15-51-8)21-32-34(22-31(27(3)4)37(46)43-25-41(6,7)39(42)48)56-36(45(32)40(49)50)24-55-38(47)28(5)23-44-13-17-53-18-14-44/h11-12,20,26-28,30-32,34,36H,10,13-19,21-25H2,1-9H3,(H2,42,48)(H,43,46)(H,49,50)/t28?,30-,31+,32+,34+,36?/m1/s1. The molecule has 2 aliphatic heterocycles. The highest BCUT2D eigenvalue weighted by Crippen LogP contribution is 2.37. The number of nitrogens with zero attached hydrogens (tertiary/aromatic N) is 2. The summed E-state index contributed by atoms with van der Waals surface area (Å²) >= 11 is 0. The van der Waals surface area contributed by atoms with E-state index in [2.05, 4.69) is 24.1 Å². The Hall–Kier alpha value is -3.66. The molecule has 1 aromatic rings. The third-order valence-electron chi connectivity index (χ3n) is 11.0. The minimum absolute atomic E-state index is 0.0137. The number of morpholine rings is 1. The van der Waals surface area contributed by atoms with Crippen molar-refractivity contribution in [2.24, 2.45) is 40.7 Å². The molecule has 15 nitrogen and oxygen atoms in total. The maximum Gasteiger partial charge on any atom is 0.409 e. The van der Waals surface area contributed by atoms with E-state index in [9.17, 15) is 24.3 Å². The summed E-state index contributed by atoms with van der Waals surface area (Å²) in [5, 5.41) is 13.6. The van der Waals surface area contributed by atoms with Gasteiger partial charge in [-0.1, -0.05) is 40.7 Å². The molecule has 2 fully saturated rings. The van der Waals surface area contributed by atoms with Gasteiger partial charge in [0.05, 0.1) is 50.4 Å². The van der Waals surface area contributed by atoms with Crippen LogP contribution in [-0.4, -0.2) is 131 Å². The maximum absolute atomic E-state index is 13.7. The SMILES string of the molecule is COCCCOc1cc(C[C@H](C[C@H]2[C@H](C[C@H](C(=O)NCC(C)(C)C(N)=O)C(C)C)OC(COC(=O)C(C)CN3CCOCC3)N2C(=O)O)C(C)C)ccc1OC. The number of carboxylic acid groups (broad SMARTS) is 1. The van der Waals surface area contributed by atoms with Crippen molar-refractivity contribution >= 4 is 23.9 Å². The van der Waals surface area contributed by atoms with E-state index in [1.54, 1.807) is 35.0 Å². The predicted molar refractivity (Wildman–Crippen MR) is 210 cm³/mol. The Balaban J connectivity index is 1.90. The Morgan fingerprint density at radius 1 is 1.00 bits per heavy atom. The van der Waals surface area contributed by atoms with Crippen molar-refractivity contribution < 1.29 is 52.7 Å². The van der Waals surface area contributed by atoms with Gasteiger partial charge in [-0.3, -0.25) is 24.2 Å². The first kappa shape index (κ1) is 46.7. The Labute approximate surface area is 333 Å². The molecular formula is C41H68N4O11. The minimum Gasteiger partial charge on any atom is -0.493 e. The molecule has 3 rings (SSSR count). The van der Waals surface area contributed by atoms with Crippen molar-refractivity contribution in [3.63, 3.8) is 0 Å². The lowest BCUT2D eigenvalue weighted by Crippen LogP contribution is -2.47. The molecule has 2 unspecified atom stereocenters. The molecule has 3 amide bonds. The summed E-state index contributed by atoms with van der Waals surface area (Å²) in [4.78, 5) is 55.4. The summed E-state index contributed by atoms with van der Waals surface area (Å²) in [6.45, 7) is 17.1. The topological polar surface area (TPSA) is 188 Å². The van der Waals surface area contributed by atoms with E-state index in [1.807, 2.05) is 32.0 Å². The molecule has 2 aliphatic rings. The fourth-order valence-electron chi connectivity index (χ4n) is 7.16. The van der Waals surface area contributed by atoms with E-state index in [4.69, 9.17) is 34.2 Å². The average molecular weight is 793 g/mol. The van der Waals surface area contributed by atoms with Crippen LogP contribution in [0.3, 0.4) is 0 Å². The highest BCUT2D eigenvalue weighted by atomic mass is 16.6. The number of hydrogen-bond donors (Lipinski definition) is 3. The number of primary amides is 1. The van der Waals surface area contributed by atoms with Gasteiger partial charge in [-0.2, -0.15) is 0 Å². The number of amides is 3. The largest absolute Gasteiger partial charge is 0.493 e. The Morgan fingerprint density at radius 2 is 1.70 bits per heavy atom. The summed E-state index contributed by atoms with van der Waals surface area (Å²) in [5.74, 6) is -1.06. The van der Waals surface area contributed by atoms with Crippen molar-refractivity contribution in [1.29, 1.82) is 0 Å². The molecule has 6 atom stereocenters. The van der Waals surface area contributed by atoms with Crippen LogP contribution in [0.25, 0.3) is 0 Å². The molecule has 318 valence electrons. The second-order valence-corrected chi connectivity index (χ2v) is 16.5. The Morgan fingerprint density at radius 3 is 2.29 bits per heavy atom. The van der Waals surface area contributed by atoms with Gasteiger partial charge in [-0.25, -0.2) is 4.79 Å². The molecule has 2 heterocycles. The van der Waals surface area contributed by atoms with Gasteiger partial charge in [0.25, 0.3) is 0 Å². The van der Waals surface area contributed by atoms with Gasteiger partial charge in [0.15, 0.2) is 17.7 Å². The molecule has 4 N–H and O–H groups in total. The number of esters is 1. The molecule has 56 heavy (non-hydrogen) atoms. The van der Waals surface area contributed by atoms with Gasteiger partial charge in [0.2, 0.25) is 11.8 Å². The number of ether oxygens (including phenoxy) is 6. The molecule has 0 radical (unpaired) electrons. The van der Waals surface area contributed by atoms with Gasteiger partial charge in [0.1, 0.15) is 6.61 Å². The number of carbonyl (C=O) groups is 4. The van der Waals surface area contributed by atoms with Gasteiger partial charge < -0.3 is 44.6 Å². The smallest absolute Gasteiger partial charge is 0.409 e. The van der Waals surface area contributed by atoms with Crippen LogP contribution < -0.4 is 20.5 Å². The number of nitrogens with two attached hydrogens (primary N) is 1. The second-order valence-electron chi connectivity index (χ2n) is 16.5. The molecule has 0 bridgehead atoms. The average Bonchev–Trinajstić information content (AvgIpc) is 3.50. The molecule has 1 aromatic carbocycles. The number of hydrogen-bond acceptors (Lipinski definition) is 11. The second kappa shape index (κ2) is 22.3. The van der Waals surface area contributed by atoms with Crippen LogP contribution in [0.2, 0.25) is 0 Å². The fraction of sp³-hybridized carbons (Fsp3) is 0.756. The third-order valence-corrected chi connectivity index (χ3v) is 11.0. The van der Waals surface area contributed by atoms with Crippen LogP contribution in [0.4, 0.5) is 4.79 Å². The molecular weight excluding hydrogens is 724 g/mol. The quantitative estimate of drug-likeness (QED) is 0.106. The first-order valence-corrected chi connectivity index (χ1v) is 20.0. The van der Waals surface area contributed by atoms with Crippen LogP contribution >= 0.6 is 0 Å². The van der Waals surface area contributed by atoms with Crippen LogP contribution in [0.5, 0.6) is 11.5 Å². The summed E-state index contributed by atoms with van der Waals surface area (Å²) in [7, 11) is 3.24. The Kier molecular flexibility index (Phi) is 18.6. The van der Waals surface area contributed by atoms with E-state index in [1.165, 1.54) is 4.90 Å². The lowest BCUT2D eigenvalue weighted by atomic mass is 9.80. The zero-order chi connectivity index (χ0) is 41.6. The number of carbonyl (C=O) groups excluding carboxylic acids is 3. The van der Waals surface area contributed by atoms with Crippen molar-refractivity contribution in [2.75, 3.05) is 73.4 Å². The lowest BCUT2D eigenvalue weighted by molar-refractivity contribution is -0.155. The molecule has 0 aromatic heterocycles. The van der Waals surface area contributed by atoms with Crippen molar-refractivity contribution in [3.8, 4) is 11.5 Å². The number of methoxy groups -OCH3 is 2. The predicted octanol–water partition coefficient (Wildman–Crippen LogP) is 4.19. The third kappa shape index (κ3) is 13.8. The van der Waals surface area contributed by atoms with Crippen LogP contribution in [0.15, 0.2) is 18.2 Å². The molecule has 0 spiro atoms. The van der Waals surface area contributed by atoms with E-state index in [-0.39, 0.29) is 43.2 Å². The van der Waals surface area contributed by atoms with E-state index >= 15 is 0 Å². The van der Waals surface area contributed by atoms with Gasteiger partial charge in [0, 0.05) is 52.2 Å². The summed E-state index contributed by atoms with van der Waals surface area (Å²) < 4.78 is 34.5. The van der Waals surface area contributed by atoms with E-state index in [0.29, 0.717) is 63.7 Å². The summed E-state index contributed by atoms with van der Waals surface area (Å²) in [5.41, 5.74) is 5.61. The van der Waals surface area contributed by atoms with Crippen LogP contribution in [0.1, 0.15) is 73.3 Å². The summed E-state index contributed by atoms with van der Waals surface area (Å²) in [6.07, 6.45) is -1.01.